The van der Waals surface area contributed by atoms with Crippen LogP contribution in [0, 0.1) is 11.3 Å². The summed E-state index contributed by atoms with van der Waals surface area (Å²) in [5.41, 5.74) is 0. The van der Waals surface area contributed by atoms with Crippen LogP contribution in [-0.2, 0) is 0 Å². The average Bonchev–Trinajstić information content (AvgIpc) is 1.99. The van der Waals surface area contributed by atoms with E-state index in [2.05, 4.69) is 13.8 Å². The molecule has 2 atom stereocenters. The van der Waals surface area contributed by atoms with Crippen LogP contribution in [0.15, 0.2) is 0 Å². The lowest BCUT2D eigenvalue weighted by Crippen LogP contribution is -2.02. The Balaban J connectivity index is 3.28. The zero-order valence-electron chi connectivity index (χ0n) is 6.30. The maximum absolute atomic E-state index is 8.33. The fourth-order valence-electron chi connectivity index (χ4n) is 0.404. The van der Waals surface area contributed by atoms with E-state index in [1.165, 1.54) is 0 Å². The molecule has 0 rings (SSSR count). The van der Waals surface area contributed by atoms with Crippen molar-refractivity contribution in [3.63, 3.8) is 0 Å². The highest BCUT2D eigenvalue weighted by Crippen LogP contribution is 2.16. The summed E-state index contributed by atoms with van der Waals surface area (Å²) < 4.78 is 0. The smallest absolute Gasteiger partial charge is 0.129 e. The van der Waals surface area contributed by atoms with Crippen molar-refractivity contribution >= 4 is 23.4 Å². The highest BCUT2D eigenvalue weighted by Gasteiger charge is 2.04. The van der Waals surface area contributed by atoms with Gasteiger partial charge in [0.15, 0.2) is 0 Å². The Labute approximate surface area is 71.7 Å². The standard InChI is InChI=1S/C7H12ClNS/c1-3-6(2)10-5-7(8)4-9/h6-7H,3,5H2,1-2H3. The van der Waals surface area contributed by atoms with E-state index in [-0.39, 0.29) is 5.38 Å². The maximum atomic E-state index is 8.33. The molecule has 0 radical (unpaired) electrons. The second-order valence-corrected chi connectivity index (χ2v) is 4.15. The molecule has 0 bridgehead atoms. The van der Waals surface area contributed by atoms with Gasteiger partial charge in [-0.25, -0.2) is 0 Å². The number of alkyl halides is 1. The molecule has 0 aromatic heterocycles. The third-order valence-electron chi connectivity index (χ3n) is 1.24. The Hall–Kier alpha value is 0.130. The average molecular weight is 178 g/mol. The van der Waals surface area contributed by atoms with E-state index >= 15 is 0 Å². The first-order chi connectivity index (χ1) is 4.70. The van der Waals surface area contributed by atoms with Gasteiger partial charge in [0.1, 0.15) is 5.38 Å². The van der Waals surface area contributed by atoms with Crippen LogP contribution in [0.25, 0.3) is 0 Å². The van der Waals surface area contributed by atoms with E-state index in [0.29, 0.717) is 5.25 Å². The molecule has 0 saturated carbocycles. The summed E-state index contributed by atoms with van der Waals surface area (Å²) in [6.07, 6.45) is 1.14. The van der Waals surface area contributed by atoms with E-state index in [0.717, 1.165) is 12.2 Å². The Morgan fingerprint density at radius 3 is 2.70 bits per heavy atom. The van der Waals surface area contributed by atoms with Gasteiger partial charge in [0.25, 0.3) is 0 Å². The topological polar surface area (TPSA) is 23.8 Å². The lowest BCUT2D eigenvalue weighted by molar-refractivity contribution is 0.905. The molecule has 58 valence electrons. The normalized spacial score (nSPS) is 15.8. The molecule has 0 aliphatic rings. The van der Waals surface area contributed by atoms with Crippen molar-refractivity contribution in [1.82, 2.24) is 0 Å². The van der Waals surface area contributed by atoms with Gasteiger partial charge < -0.3 is 0 Å². The fraction of sp³-hybridized carbons (Fsp3) is 0.857. The van der Waals surface area contributed by atoms with Gasteiger partial charge in [-0.1, -0.05) is 13.8 Å². The Morgan fingerprint density at radius 2 is 2.30 bits per heavy atom. The molecule has 0 heterocycles. The first-order valence-electron chi connectivity index (χ1n) is 3.36. The molecule has 1 nitrogen and oxygen atoms in total. The van der Waals surface area contributed by atoms with Gasteiger partial charge in [-0.05, 0) is 6.42 Å². The lowest BCUT2D eigenvalue weighted by Gasteiger charge is -2.06. The first-order valence-corrected chi connectivity index (χ1v) is 4.84. The van der Waals surface area contributed by atoms with Gasteiger partial charge >= 0.3 is 0 Å². The lowest BCUT2D eigenvalue weighted by atomic mass is 10.4. The van der Waals surface area contributed by atoms with Gasteiger partial charge in [0, 0.05) is 11.0 Å². The predicted molar refractivity (Wildman–Crippen MR) is 47.5 cm³/mol. The molecule has 0 spiro atoms. The van der Waals surface area contributed by atoms with Crippen molar-refractivity contribution in [3.05, 3.63) is 0 Å². The molecule has 10 heavy (non-hydrogen) atoms. The van der Waals surface area contributed by atoms with E-state index < -0.39 is 0 Å². The van der Waals surface area contributed by atoms with Crippen molar-refractivity contribution < 1.29 is 0 Å². The molecule has 3 heteroatoms. The molecular weight excluding hydrogens is 166 g/mol. The molecule has 0 fully saturated rings. The summed E-state index contributed by atoms with van der Waals surface area (Å²) in [5, 5.41) is 8.62. The maximum Gasteiger partial charge on any atom is 0.129 e. The van der Waals surface area contributed by atoms with Crippen LogP contribution in [0.1, 0.15) is 20.3 Å². The number of nitrogens with zero attached hydrogens (tertiary/aromatic N) is 1. The Morgan fingerprint density at radius 1 is 1.70 bits per heavy atom. The van der Waals surface area contributed by atoms with Gasteiger partial charge in [0.05, 0.1) is 6.07 Å². The van der Waals surface area contributed by atoms with Crippen LogP contribution in [0.3, 0.4) is 0 Å². The quantitative estimate of drug-likeness (QED) is 0.617. The van der Waals surface area contributed by atoms with Crippen LogP contribution < -0.4 is 0 Å². The minimum absolute atomic E-state index is 0.320. The number of hydrogen-bond acceptors (Lipinski definition) is 2. The van der Waals surface area contributed by atoms with E-state index in [1.807, 2.05) is 6.07 Å². The molecule has 0 aliphatic heterocycles. The van der Waals surface area contributed by atoms with E-state index in [1.54, 1.807) is 11.8 Å². The van der Waals surface area contributed by atoms with Gasteiger partial charge in [-0.3, -0.25) is 0 Å². The van der Waals surface area contributed by atoms with Crippen LogP contribution >= 0.6 is 23.4 Å². The first kappa shape index (κ1) is 10.1. The molecule has 0 aliphatic carbocycles. The monoisotopic (exact) mass is 177 g/mol. The molecule has 0 amide bonds. The number of halogens is 1. The fourth-order valence-corrected chi connectivity index (χ4v) is 1.43. The van der Waals surface area contributed by atoms with Crippen molar-refractivity contribution in [3.8, 4) is 6.07 Å². The van der Waals surface area contributed by atoms with Crippen molar-refractivity contribution in [2.45, 2.75) is 30.9 Å². The molecule has 0 N–H and O–H groups in total. The zero-order chi connectivity index (χ0) is 7.98. The summed E-state index contributed by atoms with van der Waals surface area (Å²) >= 11 is 7.34. The number of rotatable bonds is 4. The third kappa shape index (κ3) is 4.96. The van der Waals surface area contributed by atoms with Gasteiger partial charge in [0.2, 0.25) is 0 Å². The molecule has 0 aromatic carbocycles. The van der Waals surface area contributed by atoms with Crippen LogP contribution in [-0.4, -0.2) is 16.4 Å². The van der Waals surface area contributed by atoms with Crippen LogP contribution in [0.4, 0.5) is 0 Å². The van der Waals surface area contributed by atoms with E-state index in [4.69, 9.17) is 16.9 Å². The largest absolute Gasteiger partial charge is 0.197 e. The molecule has 0 aromatic rings. The second-order valence-electron chi connectivity index (χ2n) is 2.15. The van der Waals surface area contributed by atoms with Crippen molar-refractivity contribution in [2.75, 3.05) is 5.75 Å². The van der Waals surface area contributed by atoms with Gasteiger partial charge in [-0.15, -0.1) is 11.6 Å². The Bertz CT molecular complexity index is 121. The summed E-state index contributed by atoms with van der Waals surface area (Å²) in [5.74, 6) is 0.743. The van der Waals surface area contributed by atoms with E-state index in [9.17, 15) is 0 Å². The number of nitriles is 1. The number of thioether (sulfide) groups is 1. The van der Waals surface area contributed by atoms with Gasteiger partial charge in [-0.2, -0.15) is 17.0 Å². The predicted octanol–water partition coefficient (Wildman–Crippen LogP) is 2.65. The van der Waals surface area contributed by atoms with Crippen molar-refractivity contribution in [1.29, 1.82) is 5.26 Å². The zero-order valence-corrected chi connectivity index (χ0v) is 7.87. The van der Waals surface area contributed by atoms with Crippen LogP contribution in [0.5, 0.6) is 0 Å². The third-order valence-corrected chi connectivity index (χ3v) is 3.11. The Kier molecular flexibility index (Phi) is 5.96. The minimum atomic E-state index is -0.320. The summed E-state index contributed by atoms with van der Waals surface area (Å²) in [6.45, 7) is 4.28. The molecule has 0 saturated heterocycles. The minimum Gasteiger partial charge on any atom is -0.197 e. The second kappa shape index (κ2) is 5.88. The van der Waals surface area contributed by atoms with Crippen LogP contribution in [0.2, 0.25) is 0 Å². The highest BCUT2D eigenvalue weighted by molar-refractivity contribution is 7.99. The van der Waals surface area contributed by atoms with Crippen molar-refractivity contribution in [2.24, 2.45) is 0 Å². The summed E-state index contributed by atoms with van der Waals surface area (Å²) in [4.78, 5) is 0. The summed E-state index contributed by atoms with van der Waals surface area (Å²) in [7, 11) is 0. The highest BCUT2D eigenvalue weighted by atomic mass is 35.5. The molecule has 2 unspecified atom stereocenters. The summed E-state index contributed by atoms with van der Waals surface area (Å²) in [6, 6.07) is 1.99. The number of hydrogen-bond donors (Lipinski definition) is 0. The molecular formula is C7H12ClNS. The SMILES string of the molecule is CCC(C)SCC(Cl)C#N.